The molecule has 0 saturated heterocycles. The van der Waals surface area contributed by atoms with Crippen LogP contribution >= 0.6 is 11.3 Å². The number of thiazole rings is 1. The van der Waals surface area contributed by atoms with Gasteiger partial charge in [0.2, 0.25) is 0 Å². The molecule has 2 aromatic carbocycles. The van der Waals surface area contributed by atoms with Crippen molar-refractivity contribution in [2.45, 2.75) is 0 Å². The summed E-state index contributed by atoms with van der Waals surface area (Å²) in [6.45, 7) is 0. The first kappa shape index (κ1) is 12.6. The van der Waals surface area contributed by atoms with Gasteiger partial charge in [0.15, 0.2) is 5.13 Å². The van der Waals surface area contributed by atoms with Crippen molar-refractivity contribution in [1.82, 2.24) is 4.98 Å². The average molecular weight is 288 g/mol. The van der Waals surface area contributed by atoms with Crippen molar-refractivity contribution >= 4 is 38.3 Å². The summed E-state index contributed by atoms with van der Waals surface area (Å²) < 4.78 is 14.8. The molecule has 0 spiro atoms. The number of carboxylic acid groups (broad SMARTS) is 1. The van der Waals surface area contributed by atoms with Crippen molar-refractivity contribution in [3.8, 4) is 0 Å². The Morgan fingerprint density at radius 3 is 2.75 bits per heavy atom. The van der Waals surface area contributed by atoms with Crippen LogP contribution in [0.15, 0.2) is 42.5 Å². The number of hydrogen-bond donors (Lipinski definition) is 2. The van der Waals surface area contributed by atoms with Crippen LogP contribution in [0, 0.1) is 5.82 Å². The highest BCUT2D eigenvalue weighted by Crippen LogP contribution is 2.29. The maximum Gasteiger partial charge on any atom is 0.335 e. The fourth-order valence-corrected chi connectivity index (χ4v) is 2.67. The van der Waals surface area contributed by atoms with Gasteiger partial charge < -0.3 is 10.4 Å². The number of carbonyl (C=O) groups is 1. The van der Waals surface area contributed by atoms with Gasteiger partial charge in [0.1, 0.15) is 5.82 Å². The molecule has 1 aromatic heterocycles. The molecule has 0 fully saturated rings. The largest absolute Gasteiger partial charge is 0.478 e. The normalized spacial score (nSPS) is 10.7. The van der Waals surface area contributed by atoms with E-state index in [0.717, 1.165) is 16.3 Å². The van der Waals surface area contributed by atoms with E-state index in [1.165, 1.54) is 23.5 Å². The van der Waals surface area contributed by atoms with Gasteiger partial charge in [0.25, 0.3) is 0 Å². The number of nitrogens with one attached hydrogen (secondary N) is 1. The second-order valence-corrected chi connectivity index (χ2v) is 5.14. The predicted octanol–water partition coefficient (Wildman–Crippen LogP) is 3.88. The van der Waals surface area contributed by atoms with Crippen LogP contribution in [0.5, 0.6) is 0 Å². The van der Waals surface area contributed by atoms with Crippen LogP contribution in [0.1, 0.15) is 10.4 Å². The van der Waals surface area contributed by atoms with Crippen molar-refractivity contribution in [2.24, 2.45) is 0 Å². The molecular formula is C14H9FN2O2S. The minimum absolute atomic E-state index is 0.0858. The Kier molecular flexibility index (Phi) is 3.08. The fraction of sp³-hybridized carbons (Fsp3) is 0. The van der Waals surface area contributed by atoms with Gasteiger partial charge in [0.05, 0.1) is 21.5 Å². The second-order valence-electron chi connectivity index (χ2n) is 4.11. The second kappa shape index (κ2) is 4.90. The van der Waals surface area contributed by atoms with Gasteiger partial charge in [-0.25, -0.2) is 14.2 Å². The van der Waals surface area contributed by atoms with Crippen molar-refractivity contribution < 1.29 is 14.3 Å². The molecule has 0 aliphatic carbocycles. The molecule has 2 N–H and O–H groups in total. The van der Waals surface area contributed by atoms with E-state index in [1.807, 2.05) is 24.3 Å². The lowest BCUT2D eigenvalue weighted by Gasteiger charge is -2.04. The van der Waals surface area contributed by atoms with Gasteiger partial charge >= 0.3 is 5.97 Å². The summed E-state index contributed by atoms with van der Waals surface area (Å²) >= 11 is 1.41. The zero-order valence-electron chi connectivity index (χ0n) is 10.1. The summed E-state index contributed by atoms with van der Waals surface area (Å²) in [7, 11) is 0. The third kappa shape index (κ3) is 2.33. The highest BCUT2D eigenvalue weighted by Gasteiger charge is 2.10. The summed E-state index contributed by atoms with van der Waals surface area (Å²) in [5.74, 6) is -1.78. The quantitative estimate of drug-likeness (QED) is 0.767. The molecule has 4 nitrogen and oxygen atoms in total. The Labute approximate surface area is 117 Å². The van der Waals surface area contributed by atoms with E-state index in [0.29, 0.717) is 5.13 Å². The molecule has 100 valence electrons. The van der Waals surface area contributed by atoms with Crippen molar-refractivity contribution in [2.75, 3.05) is 5.32 Å². The summed E-state index contributed by atoms with van der Waals surface area (Å²) in [6, 6.07) is 11.3. The summed E-state index contributed by atoms with van der Waals surface area (Å²) in [4.78, 5) is 15.1. The molecule has 0 aliphatic rings. The van der Waals surface area contributed by atoms with Crippen LogP contribution in [-0.4, -0.2) is 16.1 Å². The molecule has 6 heteroatoms. The predicted molar refractivity (Wildman–Crippen MR) is 76.3 cm³/mol. The van der Waals surface area contributed by atoms with Gasteiger partial charge in [-0.3, -0.25) is 0 Å². The van der Waals surface area contributed by atoms with Gasteiger partial charge in [0, 0.05) is 0 Å². The number of fused-ring (bicyclic) bond motifs is 1. The number of nitrogens with zero attached hydrogens (tertiary/aromatic N) is 1. The molecule has 20 heavy (non-hydrogen) atoms. The average Bonchev–Trinajstić information content (AvgIpc) is 2.83. The van der Waals surface area contributed by atoms with E-state index in [2.05, 4.69) is 10.3 Å². The SMILES string of the molecule is O=C(O)c1ccc(Nc2nc3ccccc3s2)c(F)c1. The minimum Gasteiger partial charge on any atom is -0.478 e. The highest BCUT2D eigenvalue weighted by atomic mass is 32.1. The van der Waals surface area contributed by atoms with Crippen LogP contribution in [-0.2, 0) is 0 Å². The molecule has 0 radical (unpaired) electrons. The first-order chi connectivity index (χ1) is 9.63. The molecule has 0 amide bonds. The number of benzene rings is 2. The van der Waals surface area contributed by atoms with E-state index < -0.39 is 11.8 Å². The number of anilines is 2. The maximum absolute atomic E-state index is 13.8. The van der Waals surface area contributed by atoms with Crippen molar-refractivity contribution in [1.29, 1.82) is 0 Å². The summed E-state index contributed by atoms with van der Waals surface area (Å²) in [6.07, 6.45) is 0. The Hall–Kier alpha value is -2.47. The van der Waals surface area contributed by atoms with Crippen molar-refractivity contribution in [3.05, 3.63) is 53.8 Å². The van der Waals surface area contributed by atoms with E-state index in [1.54, 1.807) is 0 Å². The molecule has 0 atom stereocenters. The number of halogens is 1. The maximum atomic E-state index is 13.8. The first-order valence-electron chi connectivity index (χ1n) is 5.79. The van der Waals surface area contributed by atoms with Crippen LogP contribution < -0.4 is 5.32 Å². The molecule has 0 bridgehead atoms. The van der Waals surface area contributed by atoms with E-state index in [4.69, 9.17) is 5.11 Å². The lowest BCUT2D eigenvalue weighted by atomic mass is 10.2. The Balaban J connectivity index is 1.92. The smallest absolute Gasteiger partial charge is 0.335 e. The molecule has 0 unspecified atom stereocenters. The molecule has 3 aromatic rings. The number of carboxylic acids is 1. The Bertz CT molecular complexity index is 768. The Morgan fingerprint density at radius 2 is 2.05 bits per heavy atom. The van der Waals surface area contributed by atoms with Crippen molar-refractivity contribution in [3.63, 3.8) is 0 Å². The third-order valence-electron chi connectivity index (χ3n) is 2.75. The lowest BCUT2D eigenvalue weighted by Crippen LogP contribution is -1.99. The standard InChI is InChI=1S/C14H9FN2O2S/c15-9-7-8(13(18)19)5-6-10(9)16-14-17-11-3-1-2-4-12(11)20-14/h1-7H,(H,16,17)(H,18,19). The van der Waals surface area contributed by atoms with Crippen LogP contribution in [0.2, 0.25) is 0 Å². The monoisotopic (exact) mass is 288 g/mol. The lowest BCUT2D eigenvalue weighted by molar-refractivity contribution is 0.0696. The number of hydrogen-bond acceptors (Lipinski definition) is 4. The fourth-order valence-electron chi connectivity index (χ4n) is 1.79. The minimum atomic E-state index is -1.16. The van der Waals surface area contributed by atoms with Gasteiger partial charge in [-0.1, -0.05) is 23.5 Å². The zero-order valence-corrected chi connectivity index (χ0v) is 10.9. The number of aromatic nitrogens is 1. The molecule has 0 saturated carbocycles. The molecule has 3 rings (SSSR count). The number of aromatic carboxylic acids is 1. The van der Waals surface area contributed by atoms with E-state index >= 15 is 0 Å². The highest BCUT2D eigenvalue weighted by molar-refractivity contribution is 7.22. The van der Waals surface area contributed by atoms with Gasteiger partial charge in [-0.05, 0) is 30.3 Å². The summed E-state index contributed by atoms with van der Waals surface area (Å²) in [5, 5.41) is 12.2. The van der Waals surface area contributed by atoms with Crippen LogP contribution in [0.4, 0.5) is 15.2 Å². The van der Waals surface area contributed by atoms with E-state index in [-0.39, 0.29) is 11.3 Å². The van der Waals surface area contributed by atoms with Crippen LogP contribution in [0.3, 0.4) is 0 Å². The van der Waals surface area contributed by atoms with E-state index in [9.17, 15) is 9.18 Å². The molecule has 1 heterocycles. The first-order valence-corrected chi connectivity index (χ1v) is 6.60. The molecular weight excluding hydrogens is 279 g/mol. The van der Waals surface area contributed by atoms with Gasteiger partial charge in [-0.15, -0.1) is 0 Å². The number of para-hydroxylation sites is 1. The third-order valence-corrected chi connectivity index (χ3v) is 3.70. The van der Waals surface area contributed by atoms with Crippen LogP contribution in [0.25, 0.3) is 10.2 Å². The topological polar surface area (TPSA) is 62.2 Å². The zero-order chi connectivity index (χ0) is 14.1. The number of rotatable bonds is 3. The van der Waals surface area contributed by atoms with Gasteiger partial charge in [-0.2, -0.15) is 0 Å². The Morgan fingerprint density at radius 1 is 1.25 bits per heavy atom. The summed E-state index contributed by atoms with van der Waals surface area (Å²) in [5.41, 5.74) is 0.953. The molecule has 0 aliphatic heterocycles.